The van der Waals surface area contributed by atoms with E-state index in [1.807, 2.05) is 36.4 Å². The molecule has 0 fully saturated rings. The number of hydrogen-bond donors (Lipinski definition) is 1. The Labute approximate surface area is 127 Å². The molecule has 1 heterocycles. The molecule has 102 valence electrons. The molecule has 0 radical (unpaired) electrons. The van der Waals surface area contributed by atoms with E-state index in [2.05, 4.69) is 50.9 Å². The van der Waals surface area contributed by atoms with E-state index in [0.717, 1.165) is 10.2 Å². The van der Waals surface area contributed by atoms with Crippen molar-refractivity contribution in [3.05, 3.63) is 64.6 Å². The monoisotopic (exact) mass is 329 g/mol. The minimum Gasteiger partial charge on any atom is -0.369 e. The Kier molecular flexibility index (Phi) is 3.26. The van der Waals surface area contributed by atoms with Crippen molar-refractivity contribution >= 4 is 27.6 Å². The summed E-state index contributed by atoms with van der Waals surface area (Å²) in [4.78, 5) is 6.57. The third kappa shape index (κ3) is 2.00. The smallest absolute Gasteiger partial charge is 0.196 e. The van der Waals surface area contributed by atoms with Gasteiger partial charge in [0.05, 0.1) is 17.8 Å². The van der Waals surface area contributed by atoms with Crippen LogP contribution in [0.25, 0.3) is 0 Å². The van der Waals surface area contributed by atoms with Gasteiger partial charge in [-0.05, 0) is 40.5 Å². The van der Waals surface area contributed by atoms with E-state index in [1.165, 1.54) is 5.56 Å². The fraction of sp³-hybridized carbons (Fsp3) is 0.188. The van der Waals surface area contributed by atoms with Gasteiger partial charge in [0.25, 0.3) is 0 Å². The molecule has 1 aliphatic rings. The lowest BCUT2D eigenvalue weighted by Gasteiger charge is -2.37. The number of para-hydroxylation sites is 1. The van der Waals surface area contributed by atoms with E-state index in [1.54, 1.807) is 0 Å². The summed E-state index contributed by atoms with van der Waals surface area (Å²) in [5.41, 5.74) is 8.14. The van der Waals surface area contributed by atoms with Crippen molar-refractivity contribution in [1.82, 2.24) is 0 Å². The molecule has 0 aliphatic carbocycles. The molecule has 0 spiro atoms. The lowest BCUT2D eigenvalue weighted by molar-refractivity contribution is 0.532. The molecular formula is C16H16BrN3. The van der Waals surface area contributed by atoms with Crippen molar-refractivity contribution in [2.45, 2.75) is 12.5 Å². The van der Waals surface area contributed by atoms with Crippen LogP contribution in [0, 0.1) is 0 Å². The normalized spacial score (nSPS) is 21.9. The van der Waals surface area contributed by atoms with Gasteiger partial charge < -0.3 is 5.73 Å². The van der Waals surface area contributed by atoms with Gasteiger partial charge in [0.2, 0.25) is 0 Å². The van der Waals surface area contributed by atoms with Gasteiger partial charge >= 0.3 is 0 Å². The standard InChI is InChI=1S/C16H16BrN3/c1-16(12-7-3-2-4-8-12)11-19-15(18)20(16)14-10-6-5-9-13(14)17/h2-10H,11H2,1H3,(H2,18,19). The van der Waals surface area contributed by atoms with Crippen molar-refractivity contribution < 1.29 is 0 Å². The van der Waals surface area contributed by atoms with Crippen molar-refractivity contribution in [3.63, 3.8) is 0 Å². The van der Waals surface area contributed by atoms with Gasteiger partial charge in [-0.15, -0.1) is 0 Å². The minimum atomic E-state index is -0.255. The zero-order chi connectivity index (χ0) is 14.2. The molecule has 2 N–H and O–H groups in total. The van der Waals surface area contributed by atoms with Crippen molar-refractivity contribution in [3.8, 4) is 0 Å². The summed E-state index contributed by atoms with van der Waals surface area (Å²) in [6, 6.07) is 18.4. The van der Waals surface area contributed by atoms with Crippen LogP contribution in [0.2, 0.25) is 0 Å². The molecule has 2 aromatic rings. The zero-order valence-electron chi connectivity index (χ0n) is 11.3. The Bertz CT molecular complexity index is 654. The molecule has 0 amide bonds. The Morgan fingerprint density at radius 1 is 1.10 bits per heavy atom. The van der Waals surface area contributed by atoms with Gasteiger partial charge in [-0.25, -0.2) is 0 Å². The number of anilines is 1. The highest BCUT2D eigenvalue weighted by atomic mass is 79.9. The summed E-state index contributed by atoms with van der Waals surface area (Å²) in [7, 11) is 0. The largest absolute Gasteiger partial charge is 0.369 e. The second kappa shape index (κ2) is 4.94. The van der Waals surface area contributed by atoms with Crippen molar-refractivity contribution in [2.24, 2.45) is 10.7 Å². The summed E-state index contributed by atoms with van der Waals surface area (Å²) < 4.78 is 1.02. The summed E-state index contributed by atoms with van der Waals surface area (Å²) in [5, 5.41) is 0. The van der Waals surface area contributed by atoms with Crippen LogP contribution in [0.15, 0.2) is 64.1 Å². The topological polar surface area (TPSA) is 41.6 Å². The van der Waals surface area contributed by atoms with Crippen LogP contribution in [-0.4, -0.2) is 12.5 Å². The van der Waals surface area contributed by atoms with Gasteiger partial charge in [-0.2, -0.15) is 0 Å². The molecule has 3 rings (SSSR count). The number of benzene rings is 2. The van der Waals surface area contributed by atoms with Gasteiger partial charge in [0.1, 0.15) is 0 Å². The van der Waals surface area contributed by atoms with E-state index < -0.39 is 0 Å². The predicted octanol–water partition coefficient (Wildman–Crippen LogP) is 3.50. The van der Waals surface area contributed by atoms with E-state index >= 15 is 0 Å². The molecule has 4 heteroatoms. The van der Waals surface area contributed by atoms with Crippen LogP contribution in [0.1, 0.15) is 12.5 Å². The Hall–Kier alpha value is -1.81. The van der Waals surface area contributed by atoms with Crippen LogP contribution in [0.3, 0.4) is 0 Å². The molecular weight excluding hydrogens is 314 g/mol. The first-order valence-corrected chi connectivity index (χ1v) is 7.32. The summed E-state index contributed by atoms with van der Waals surface area (Å²) in [6.07, 6.45) is 0. The van der Waals surface area contributed by atoms with Gasteiger partial charge in [0, 0.05) is 4.47 Å². The fourth-order valence-electron chi connectivity index (χ4n) is 2.67. The van der Waals surface area contributed by atoms with E-state index in [4.69, 9.17) is 5.73 Å². The van der Waals surface area contributed by atoms with Crippen LogP contribution in [0.5, 0.6) is 0 Å². The van der Waals surface area contributed by atoms with E-state index in [0.29, 0.717) is 12.5 Å². The lowest BCUT2D eigenvalue weighted by Crippen LogP contribution is -2.47. The van der Waals surface area contributed by atoms with Crippen LogP contribution < -0.4 is 10.6 Å². The number of aliphatic imine (C=N–C) groups is 1. The maximum Gasteiger partial charge on any atom is 0.196 e. The highest BCUT2D eigenvalue weighted by molar-refractivity contribution is 9.10. The highest BCUT2D eigenvalue weighted by Crippen LogP contribution is 2.39. The molecule has 20 heavy (non-hydrogen) atoms. The molecule has 0 aromatic heterocycles. The van der Waals surface area contributed by atoms with Crippen molar-refractivity contribution in [1.29, 1.82) is 0 Å². The quantitative estimate of drug-likeness (QED) is 0.916. The van der Waals surface area contributed by atoms with Gasteiger partial charge in [-0.1, -0.05) is 42.5 Å². The Morgan fingerprint density at radius 3 is 2.45 bits per heavy atom. The average molecular weight is 330 g/mol. The lowest BCUT2D eigenvalue weighted by atomic mass is 9.90. The first-order chi connectivity index (χ1) is 9.63. The molecule has 1 unspecified atom stereocenters. The fourth-order valence-corrected chi connectivity index (χ4v) is 3.13. The molecule has 1 atom stereocenters. The summed E-state index contributed by atoms with van der Waals surface area (Å²) >= 11 is 3.61. The van der Waals surface area contributed by atoms with Crippen LogP contribution in [0.4, 0.5) is 5.69 Å². The molecule has 0 saturated carbocycles. The summed E-state index contributed by atoms with van der Waals surface area (Å²) in [6.45, 7) is 2.83. The predicted molar refractivity (Wildman–Crippen MR) is 86.9 cm³/mol. The minimum absolute atomic E-state index is 0.255. The average Bonchev–Trinajstić information content (AvgIpc) is 2.78. The first kappa shape index (κ1) is 13.2. The molecule has 1 aliphatic heterocycles. The Balaban J connectivity index is 2.12. The molecule has 2 aromatic carbocycles. The second-order valence-corrected chi connectivity index (χ2v) is 5.96. The second-order valence-electron chi connectivity index (χ2n) is 5.10. The van der Waals surface area contributed by atoms with Crippen LogP contribution in [-0.2, 0) is 5.54 Å². The third-order valence-electron chi connectivity index (χ3n) is 3.76. The molecule has 3 nitrogen and oxygen atoms in total. The van der Waals surface area contributed by atoms with Crippen molar-refractivity contribution in [2.75, 3.05) is 11.4 Å². The van der Waals surface area contributed by atoms with E-state index in [9.17, 15) is 0 Å². The number of hydrogen-bond acceptors (Lipinski definition) is 3. The number of guanidine groups is 1. The van der Waals surface area contributed by atoms with E-state index in [-0.39, 0.29) is 5.54 Å². The van der Waals surface area contributed by atoms with Gasteiger partial charge in [0.15, 0.2) is 5.96 Å². The maximum atomic E-state index is 6.15. The molecule has 0 saturated heterocycles. The highest BCUT2D eigenvalue weighted by Gasteiger charge is 2.41. The number of rotatable bonds is 2. The first-order valence-electron chi connectivity index (χ1n) is 6.53. The summed E-state index contributed by atoms with van der Waals surface area (Å²) in [5.74, 6) is 0.559. The number of halogens is 1. The number of nitrogens with two attached hydrogens (primary N) is 1. The molecule has 0 bridgehead atoms. The third-order valence-corrected chi connectivity index (χ3v) is 4.43. The zero-order valence-corrected chi connectivity index (χ0v) is 12.8. The van der Waals surface area contributed by atoms with Crippen LogP contribution >= 0.6 is 15.9 Å². The SMILES string of the molecule is CC1(c2ccccc2)CN=C(N)N1c1ccccc1Br. The number of nitrogens with zero attached hydrogens (tertiary/aromatic N) is 2. The maximum absolute atomic E-state index is 6.15. The Morgan fingerprint density at radius 2 is 1.75 bits per heavy atom. The van der Waals surface area contributed by atoms with Gasteiger partial charge in [-0.3, -0.25) is 9.89 Å².